The molecule has 0 N–H and O–H groups in total. The lowest BCUT2D eigenvalue weighted by Crippen LogP contribution is -2.17. The number of allylic oxidation sites excluding steroid dienone is 8. The van der Waals surface area contributed by atoms with Gasteiger partial charge < -0.3 is 4.90 Å². The Balaban J connectivity index is 0.900. The second kappa shape index (κ2) is 15.7. The van der Waals surface area contributed by atoms with Gasteiger partial charge in [-0.25, -0.2) is 0 Å². The average Bonchev–Trinajstić information content (AvgIpc) is 3.37. The first kappa shape index (κ1) is 37.7. The zero-order chi connectivity index (χ0) is 42.6. The van der Waals surface area contributed by atoms with Crippen LogP contribution in [0, 0.1) is 11.8 Å². The molecule has 0 fully saturated rings. The Bertz CT molecular complexity index is 3370. The summed E-state index contributed by atoms with van der Waals surface area (Å²) in [5.74, 6) is 0.866. The fourth-order valence-electron chi connectivity index (χ4n) is 10.4. The lowest BCUT2D eigenvalue weighted by Gasteiger charge is -2.30. The Labute approximate surface area is 374 Å². The summed E-state index contributed by atoms with van der Waals surface area (Å²) in [5, 5.41) is 10.2. The van der Waals surface area contributed by atoms with Crippen molar-refractivity contribution in [3.05, 3.63) is 254 Å². The van der Waals surface area contributed by atoms with Crippen LogP contribution in [0.5, 0.6) is 0 Å². The molecule has 10 aromatic carbocycles. The molecule has 0 saturated carbocycles. The number of hydrogen-bond acceptors (Lipinski definition) is 1. The fraction of sp³-hybridized carbons (Fsp3) is 0.0476. The Hall–Kier alpha value is -8.00. The molecular weight excluding hydrogens is 771 g/mol. The van der Waals surface area contributed by atoms with Gasteiger partial charge in [0.05, 0.1) is 0 Å². The number of benzene rings is 10. The molecule has 10 aromatic rings. The highest BCUT2D eigenvalue weighted by Crippen LogP contribution is 2.42. The van der Waals surface area contributed by atoms with E-state index in [1.807, 2.05) is 0 Å². The van der Waals surface area contributed by atoms with Crippen LogP contribution in [-0.2, 0) is 0 Å². The van der Waals surface area contributed by atoms with Crippen LogP contribution >= 0.6 is 0 Å². The molecule has 0 amide bonds. The number of hydrogen-bond donors (Lipinski definition) is 0. The third-order valence-corrected chi connectivity index (χ3v) is 13.7. The quantitative estimate of drug-likeness (QED) is 0.145. The van der Waals surface area contributed by atoms with Gasteiger partial charge in [-0.1, -0.05) is 213 Å². The van der Waals surface area contributed by atoms with Gasteiger partial charge in [-0.2, -0.15) is 0 Å². The summed E-state index contributed by atoms with van der Waals surface area (Å²) in [6, 6.07) is 76.1. The Morgan fingerprint density at radius 1 is 0.344 bits per heavy atom. The molecular formula is C63H45N. The highest BCUT2D eigenvalue weighted by molar-refractivity contribution is 6.13. The fourth-order valence-corrected chi connectivity index (χ4v) is 10.4. The van der Waals surface area contributed by atoms with Crippen LogP contribution in [0.4, 0.5) is 17.1 Å². The summed E-state index contributed by atoms with van der Waals surface area (Å²) in [6.45, 7) is 2.35. The van der Waals surface area contributed by atoms with Crippen LogP contribution in [0.15, 0.2) is 248 Å². The molecule has 1 heteroatoms. The van der Waals surface area contributed by atoms with E-state index in [4.69, 9.17) is 0 Å². The van der Waals surface area contributed by atoms with Crippen LogP contribution in [0.1, 0.15) is 12.5 Å². The van der Waals surface area contributed by atoms with Crippen molar-refractivity contribution in [1.29, 1.82) is 0 Å². The van der Waals surface area contributed by atoms with Gasteiger partial charge in [-0.15, -0.1) is 0 Å². The third kappa shape index (κ3) is 6.57. The van der Waals surface area contributed by atoms with E-state index >= 15 is 0 Å². The van der Waals surface area contributed by atoms with Crippen LogP contribution in [-0.4, -0.2) is 0 Å². The van der Waals surface area contributed by atoms with E-state index in [2.05, 4.69) is 255 Å². The maximum atomic E-state index is 2.38. The molecule has 0 spiro atoms. The van der Waals surface area contributed by atoms with E-state index in [0.717, 1.165) is 17.1 Å². The summed E-state index contributed by atoms with van der Waals surface area (Å²) in [7, 11) is 0. The van der Waals surface area contributed by atoms with E-state index in [1.165, 1.54) is 93.2 Å². The summed E-state index contributed by atoms with van der Waals surface area (Å²) in [4.78, 5) is 2.38. The van der Waals surface area contributed by atoms with Gasteiger partial charge in [0.15, 0.2) is 0 Å². The van der Waals surface area contributed by atoms with E-state index in [9.17, 15) is 0 Å². The summed E-state index contributed by atoms with van der Waals surface area (Å²) < 4.78 is 0. The van der Waals surface area contributed by atoms with E-state index < -0.39 is 0 Å². The largest absolute Gasteiger partial charge is 0.311 e. The molecule has 12 rings (SSSR count). The Morgan fingerprint density at radius 2 is 0.797 bits per heavy atom. The lowest BCUT2D eigenvalue weighted by atomic mass is 9.74. The van der Waals surface area contributed by atoms with E-state index in [0.29, 0.717) is 11.8 Å². The minimum Gasteiger partial charge on any atom is -0.311 e. The maximum Gasteiger partial charge on any atom is 0.0462 e. The van der Waals surface area contributed by atoms with E-state index in [1.54, 1.807) is 0 Å². The van der Waals surface area contributed by atoms with Gasteiger partial charge >= 0.3 is 0 Å². The Morgan fingerprint density at radius 3 is 1.33 bits per heavy atom. The van der Waals surface area contributed by atoms with Crippen molar-refractivity contribution in [2.75, 3.05) is 4.90 Å². The molecule has 1 nitrogen and oxygen atoms in total. The van der Waals surface area contributed by atoms with Crippen LogP contribution < -0.4 is 4.90 Å². The van der Waals surface area contributed by atoms with Gasteiger partial charge in [0.2, 0.25) is 0 Å². The number of nitrogens with zero attached hydrogens (tertiary/aromatic N) is 1. The van der Waals surface area contributed by atoms with Crippen molar-refractivity contribution in [1.82, 2.24) is 0 Å². The molecule has 2 unspecified atom stereocenters. The normalized spacial score (nSPS) is 15.6. The standard InChI is InChI=1S/C63H45N/c1-42-54-13-5-2-10-45(54)30-39-55(42)48-22-20-43(21-23-48)44-24-33-51(34-25-44)64(52-35-26-49(27-36-52)58-16-8-18-60-56-14-6-3-11-46(56)31-40-62(58)60)53-37-28-50(29-38-53)59-17-9-19-61-57-15-7-4-12-47(57)32-41-63(59)61/h2-42,54H,1H3. The van der Waals surface area contributed by atoms with Crippen molar-refractivity contribution < 1.29 is 0 Å². The van der Waals surface area contributed by atoms with Crippen molar-refractivity contribution in [2.45, 2.75) is 6.92 Å². The first-order chi connectivity index (χ1) is 31.6. The monoisotopic (exact) mass is 815 g/mol. The zero-order valence-corrected chi connectivity index (χ0v) is 35.7. The summed E-state index contributed by atoms with van der Waals surface area (Å²) in [6.07, 6.45) is 13.5. The summed E-state index contributed by atoms with van der Waals surface area (Å²) in [5.41, 5.74) is 14.7. The first-order valence-electron chi connectivity index (χ1n) is 22.4. The molecule has 2 aliphatic rings. The molecule has 2 aliphatic carbocycles. The molecule has 2 atom stereocenters. The van der Waals surface area contributed by atoms with Crippen molar-refractivity contribution >= 4 is 65.7 Å². The highest BCUT2D eigenvalue weighted by atomic mass is 15.1. The second-order valence-electron chi connectivity index (χ2n) is 17.3. The zero-order valence-electron chi connectivity index (χ0n) is 35.7. The first-order valence-corrected chi connectivity index (χ1v) is 22.4. The van der Waals surface area contributed by atoms with Gasteiger partial charge in [0, 0.05) is 23.0 Å². The van der Waals surface area contributed by atoms with Gasteiger partial charge in [-0.05, 0) is 135 Å². The third-order valence-electron chi connectivity index (χ3n) is 13.7. The van der Waals surface area contributed by atoms with Gasteiger partial charge in [0.25, 0.3) is 0 Å². The smallest absolute Gasteiger partial charge is 0.0462 e. The van der Waals surface area contributed by atoms with Crippen molar-refractivity contribution in [2.24, 2.45) is 11.8 Å². The number of anilines is 3. The predicted molar refractivity (Wildman–Crippen MR) is 274 cm³/mol. The lowest BCUT2D eigenvalue weighted by molar-refractivity contribution is 0.600. The molecule has 0 saturated heterocycles. The molecule has 302 valence electrons. The topological polar surface area (TPSA) is 3.24 Å². The Kier molecular flexibility index (Phi) is 9.27. The predicted octanol–water partition coefficient (Wildman–Crippen LogP) is 17.5. The molecule has 0 bridgehead atoms. The minimum absolute atomic E-state index is 0.431. The number of fused-ring (bicyclic) bond motifs is 7. The van der Waals surface area contributed by atoms with Gasteiger partial charge in [-0.3, -0.25) is 0 Å². The molecule has 0 aliphatic heterocycles. The summed E-state index contributed by atoms with van der Waals surface area (Å²) >= 11 is 0. The van der Waals surface area contributed by atoms with Crippen LogP contribution in [0.3, 0.4) is 0 Å². The molecule has 0 heterocycles. The average molecular weight is 816 g/mol. The molecule has 64 heavy (non-hydrogen) atoms. The second-order valence-corrected chi connectivity index (χ2v) is 17.3. The minimum atomic E-state index is 0.431. The maximum absolute atomic E-state index is 2.38. The van der Waals surface area contributed by atoms with Crippen molar-refractivity contribution in [3.63, 3.8) is 0 Å². The number of rotatable bonds is 7. The van der Waals surface area contributed by atoms with Crippen LogP contribution in [0.2, 0.25) is 0 Å². The van der Waals surface area contributed by atoms with E-state index in [-0.39, 0.29) is 0 Å². The van der Waals surface area contributed by atoms with Gasteiger partial charge in [0.1, 0.15) is 0 Å². The molecule has 0 aromatic heterocycles. The van der Waals surface area contributed by atoms with Crippen LogP contribution in [0.25, 0.3) is 82.0 Å². The highest BCUT2D eigenvalue weighted by Gasteiger charge is 2.26. The molecule has 0 radical (unpaired) electrons. The van der Waals surface area contributed by atoms with Crippen molar-refractivity contribution in [3.8, 4) is 33.4 Å². The SMILES string of the molecule is CC1C(c2ccc(-c3ccc(N(c4ccc(-c5cccc6c5ccc5ccccc56)cc4)c4ccc(-c5cccc6c5ccc5ccccc56)cc4)cc3)cc2)=CC=C2C=CC=CC21.